The highest BCUT2D eigenvalue weighted by Gasteiger charge is 2.38. The number of rotatable bonds is 4. The van der Waals surface area contributed by atoms with Crippen molar-refractivity contribution in [3.05, 3.63) is 0 Å². The number of carbonyl (C=O) groups excluding carboxylic acids is 1. The number of likely N-dealkylation sites (N-methyl/N-ethyl adjacent to an activating group) is 2. The molecule has 2 rings (SSSR count). The maximum absolute atomic E-state index is 12.6. The Morgan fingerprint density at radius 2 is 2.11 bits per heavy atom. The second kappa shape index (κ2) is 6.68. The van der Waals surface area contributed by atoms with E-state index in [9.17, 15) is 9.90 Å². The van der Waals surface area contributed by atoms with E-state index in [2.05, 4.69) is 5.32 Å². The molecule has 110 valence electrons. The zero-order valence-corrected chi connectivity index (χ0v) is 12.0. The zero-order valence-electron chi connectivity index (χ0n) is 12.0. The van der Waals surface area contributed by atoms with Gasteiger partial charge in [-0.3, -0.25) is 4.79 Å². The lowest BCUT2D eigenvalue weighted by Gasteiger charge is -2.37. The Morgan fingerprint density at radius 3 is 2.79 bits per heavy atom. The Kier molecular flexibility index (Phi) is 5.19. The molecule has 0 spiro atoms. The fourth-order valence-corrected chi connectivity index (χ4v) is 3.23. The maximum Gasteiger partial charge on any atom is 0.229 e. The van der Waals surface area contributed by atoms with E-state index in [1.165, 1.54) is 0 Å². The van der Waals surface area contributed by atoms with Crippen molar-refractivity contribution in [1.82, 2.24) is 10.2 Å². The number of aliphatic hydroxyl groups is 1. The lowest BCUT2D eigenvalue weighted by molar-refractivity contribution is -0.140. The summed E-state index contributed by atoms with van der Waals surface area (Å²) in [4.78, 5) is 14.3. The number of aliphatic hydroxyl groups excluding tert-OH is 1. The first kappa shape index (κ1) is 14.8. The van der Waals surface area contributed by atoms with Gasteiger partial charge in [-0.2, -0.15) is 0 Å². The average Bonchev–Trinajstić information content (AvgIpc) is 2.86. The van der Waals surface area contributed by atoms with Gasteiger partial charge in [0.15, 0.2) is 0 Å². The van der Waals surface area contributed by atoms with Crippen molar-refractivity contribution in [2.24, 2.45) is 5.92 Å². The van der Waals surface area contributed by atoms with Crippen LogP contribution in [-0.2, 0) is 9.53 Å². The van der Waals surface area contributed by atoms with Crippen LogP contribution in [0.15, 0.2) is 0 Å². The molecule has 0 bridgehead atoms. The van der Waals surface area contributed by atoms with Gasteiger partial charge in [-0.05, 0) is 19.4 Å². The Labute approximate surface area is 115 Å². The number of ether oxygens (including phenoxy) is 1. The lowest BCUT2D eigenvalue weighted by atomic mass is 9.90. The third kappa shape index (κ3) is 3.27. The Bertz CT molecular complexity index is 311. The molecule has 1 saturated carbocycles. The van der Waals surface area contributed by atoms with E-state index in [-0.39, 0.29) is 30.0 Å². The standard InChI is InChI=1S/C14H26N2O3/c1-3-15-11-9-19-8-10(11)14(18)16(2)12-6-4-5-7-13(12)17/h10-13,15,17H,3-9H2,1-2H3. The van der Waals surface area contributed by atoms with Crippen molar-refractivity contribution in [3.8, 4) is 0 Å². The molecule has 2 fully saturated rings. The minimum atomic E-state index is -0.373. The van der Waals surface area contributed by atoms with Crippen LogP contribution in [0, 0.1) is 5.92 Å². The van der Waals surface area contributed by atoms with Crippen LogP contribution in [-0.4, -0.2) is 60.9 Å². The van der Waals surface area contributed by atoms with Crippen LogP contribution in [0.25, 0.3) is 0 Å². The van der Waals surface area contributed by atoms with Gasteiger partial charge in [0.1, 0.15) is 0 Å². The number of amides is 1. The van der Waals surface area contributed by atoms with Gasteiger partial charge in [-0.15, -0.1) is 0 Å². The molecule has 4 atom stereocenters. The summed E-state index contributed by atoms with van der Waals surface area (Å²) in [6.07, 6.45) is 3.49. The van der Waals surface area contributed by atoms with E-state index in [1.54, 1.807) is 4.90 Å². The summed E-state index contributed by atoms with van der Waals surface area (Å²) in [7, 11) is 1.82. The number of nitrogens with one attached hydrogen (secondary N) is 1. The molecule has 2 aliphatic rings. The molecule has 5 heteroatoms. The summed E-state index contributed by atoms with van der Waals surface area (Å²) >= 11 is 0. The van der Waals surface area contributed by atoms with Crippen LogP contribution in [0.4, 0.5) is 0 Å². The second-order valence-corrected chi connectivity index (χ2v) is 5.68. The van der Waals surface area contributed by atoms with E-state index in [0.29, 0.717) is 13.2 Å². The predicted octanol–water partition coefficient (Wildman–Crippen LogP) is 0.373. The summed E-state index contributed by atoms with van der Waals surface area (Å²) in [5.74, 6) is -0.00604. The Morgan fingerprint density at radius 1 is 1.37 bits per heavy atom. The summed E-state index contributed by atoms with van der Waals surface area (Å²) in [5, 5.41) is 13.4. The third-order valence-electron chi connectivity index (χ3n) is 4.40. The van der Waals surface area contributed by atoms with Crippen LogP contribution in [0.3, 0.4) is 0 Å². The maximum atomic E-state index is 12.6. The monoisotopic (exact) mass is 270 g/mol. The molecule has 0 aromatic rings. The van der Waals surface area contributed by atoms with Crippen LogP contribution in [0.5, 0.6) is 0 Å². The molecule has 0 radical (unpaired) electrons. The number of carbonyl (C=O) groups is 1. The van der Waals surface area contributed by atoms with Gasteiger partial charge >= 0.3 is 0 Å². The fraction of sp³-hybridized carbons (Fsp3) is 0.929. The van der Waals surface area contributed by atoms with Crippen LogP contribution in [0.2, 0.25) is 0 Å². The number of hydrogen-bond donors (Lipinski definition) is 2. The van der Waals surface area contributed by atoms with Crippen molar-refractivity contribution in [2.75, 3.05) is 26.8 Å². The highest BCUT2D eigenvalue weighted by atomic mass is 16.5. The largest absolute Gasteiger partial charge is 0.391 e. The van der Waals surface area contributed by atoms with Crippen molar-refractivity contribution >= 4 is 5.91 Å². The molecule has 0 aromatic carbocycles. The lowest BCUT2D eigenvalue weighted by Crippen LogP contribution is -2.51. The molecule has 19 heavy (non-hydrogen) atoms. The van der Waals surface area contributed by atoms with E-state index in [1.807, 2.05) is 14.0 Å². The van der Waals surface area contributed by atoms with Gasteiger partial charge in [-0.1, -0.05) is 19.8 Å². The van der Waals surface area contributed by atoms with Crippen LogP contribution in [0.1, 0.15) is 32.6 Å². The topological polar surface area (TPSA) is 61.8 Å². The highest BCUT2D eigenvalue weighted by molar-refractivity contribution is 5.80. The smallest absolute Gasteiger partial charge is 0.229 e. The number of hydrogen-bond acceptors (Lipinski definition) is 4. The van der Waals surface area contributed by atoms with E-state index >= 15 is 0 Å². The first-order valence-corrected chi connectivity index (χ1v) is 7.41. The molecule has 1 heterocycles. The molecule has 1 amide bonds. The summed E-state index contributed by atoms with van der Waals surface area (Å²) in [6.45, 7) is 3.97. The molecule has 1 saturated heterocycles. The molecule has 1 aliphatic carbocycles. The number of nitrogens with zero attached hydrogens (tertiary/aromatic N) is 1. The molecular weight excluding hydrogens is 244 g/mol. The molecular formula is C14H26N2O3. The van der Waals surface area contributed by atoms with E-state index in [0.717, 1.165) is 32.2 Å². The van der Waals surface area contributed by atoms with Gasteiger partial charge < -0.3 is 20.1 Å². The van der Waals surface area contributed by atoms with Crippen LogP contribution >= 0.6 is 0 Å². The van der Waals surface area contributed by atoms with Crippen molar-refractivity contribution in [3.63, 3.8) is 0 Å². The highest BCUT2D eigenvalue weighted by Crippen LogP contribution is 2.25. The quantitative estimate of drug-likeness (QED) is 0.775. The van der Waals surface area contributed by atoms with Gasteiger partial charge in [0, 0.05) is 13.1 Å². The average molecular weight is 270 g/mol. The van der Waals surface area contributed by atoms with Crippen molar-refractivity contribution in [2.45, 2.75) is 50.8 Å². The van der Waals surface area contributed by atoms with E-state index < -0.39 is 0 Å². The molecule has 4 unspecified atom stereocenters. The molecule has 0 aromatic heterocycles. The van der Waals surface area contributed by atoms with Crippen molar-refractivity contribution in [1.29, 1.82) is 0 Å². The first-order valence-electron chi connectivity index (χ1n) is 7.41. The first-order chi connectivity index (χ1) is 9.15. The summed E-state index contributed by atoms with van der Waals surface area (Å²) in [5.41, 5.74) is 0. The minimum Gasteiger partial charge on any atom is -0.391 e. The summed E-state index contributed by atoms with van der Waals surface area (Å²) in [6, 6.07) is 0.0878. The van der Waals surface area contributed by atoms with Gasteiger partial charge in [-0.25, -0.2) is 0 Å². The summed E-state index contributed by atoms with van der Waals surface area (Å²) < 4.78 is 5.44. The molecule has 2 N–H and O–H groups in total. The SMILES string of the molecule is CCNC1COCC1C(=O)N(C)C1CCCCC1O. The van der Waals surface area contributed by atoms with Gasteiger partial charge in [0.05, 0.1) is 31.3 Å². The normalized spacial score (nSPS) is 35.3. The van der Waals surface area contributed by atoms with Crippen LogP contribution < -0.4 is 5.32 Å². The third-order valence-corrected chi connectivity index (χ3v) is 4.40. The van der Waals surface area contributed by atoms with Gasteiger partial charge in [0.25, 0.3) is 0 Å². The molecule has 5 nitrogen and oxygen atoms in total. The minimum absolute atomic E-state index is 0.0240. The fourth-order valence-electron chi connectivity index (χ4n) is 3.23. The van der Waals surface area contributed by atoms with Crippen molar-refractivity contribution < 1.29 is 14.6 Å². The molecule has 1 aliphatic heterocycles. The Balaban J connectivity index is 1.97. The van der Waals surface area contributed by atoms with E-state index in [4.69, 9.17) is 4.74 Å². The second-order valence-electron chi connectivity index (χ2n) is 5.68. The van der Waals surface area contributed by atoms with Gasteiger partial charge in [0.2, 0.25) is 5.91 Å². The Hall–Kier alpha value is -0.650. The predicted molar refractivity (Wildman–Crippen MR) is 72.8 cm³/mol. The zero-order chi connectivity index (χ0) is 13.8.